The molecule has 0 aromatic rings. The third-order valence-corrected chi connectivity index (χ3v) is 16.6. The molecule has 6 fully saturated rings. The van der Waals surface area contributed by atoms with Crippen molar-refractivity contribution in [1.82, 2.24) is 34.8 Å². The predicted octanol–water partition coefficient (Wildman–Crippen LogP) is 4.95. The van der Waals surface area contributed by atoms with Crippen LogP contribution in [-0.2, 0) is 24.0 Å². The van der Waals surface area contributed by atoms with Gasteiger partial charge in [-0.2, -0.15) is 0 Å². The fourth-order valence-corrected chi connectivity index (χ4v) is 12.2. The highest BCUT2D eigenvalue weighted by Gasteiger charge is 2.85. The summed E-state index contributed by atoms with van der Waals surface area (Å²) in [4.78, 5) is 75.9. The molecule has 0 aromatic carbocycles. The smallest absolute Gasteiger partial charge is 0.257 e. The molecule has 314 valence electrons. The molecular weight excluding hydrogens is 727 g/mol. The Morgan fingerprint density at radius 3 is 2.07 bits per heavy atom. The van der Waals surface area contributed by atoms with Crippen molar-refractivity contribution in [3.8, 4) is 0 Å². The number of hydrogen-bond acceptors (Lipinski definition) is 8. The van der Waals surface area contributed by atoms with E-state index in [9.17, 15) is 19.2 Å². The summed E-state index contributed by atoms with van der Waals surface area (Å²) in [5.74, 6) is -1.58. The lowest BCUT2D eigenvalue weighted by atomic mass is 9.73. The van der Waals surface area contributed by atoms with Gasteiger partial charge in [0, 0.05) is 43.1 Å². The minimum absolute atomic E-state index is 0.0183. The first-order valence-corrected chi connectivity index (χ1v) is 22.5. The molecule has 2 heterocycles. The molecule has 0 bridgehead atoms. The van der Waals surface area contributed by atoms with E-state index in [-0.39, 0.29) is 63.7 Å². The van der Waals surface area contributed by atoms with E-state index < -0.39 is 29.1 Å². The number of hydrogen-bond donors (Lipinski definition) is 4. The van der Waals surface area contributed by atoms with Crippen LogP contribution < -0.4 is 20.7 Å². The summed E-state index contributed by atoms with van der Waals surface area (Å²) in [6, 6.07) is -2.77. The van der Waals surface area contributed by atoms with Gasteiger partial charge in [0.1, 0.15) is 23.7 Å². The van der Waals surface area contributed by atoms with Crippen molar-refractivity contribution < 1.29 is 24.0 Å². The van der Waals surface area contributed by atoms with E-state index in [1.165, 1.54) is 12.1 Å². The topological polar surface area (TPSA) is 143 Å². The van der Waals surface area contributed by atoms with Crippen LogP contribution in [0, 0.1) is 33.5 Å². The van der Waals surface area contributed by atoms with E-state index in [0.29, 0.717) is 19.4 Å². The fraction of sp³-hybridized carbons (Fsp3) is 0.837. The van der Waals surface area contributed by atoms with Crippen LogP contribution in [-0.4, -0.2) is 107 Å². The summed E-state index contributed by atoms with van der Waals surface area (Å²) >= 11 is 1.24. The van der Waals surface area contributed by atoms with Crippen molar-refractivity contribution in [3.05, 3.63) is 12.7 Å². The minimum Gasteiger partial charge on any atom is -0.343 e. The molecule has 7 atom stereocenters. The molecule has 13 heteroatoms. The Labute approximate surface area is 340 Å². The van der Waals surface area contributed by atoms with Gasteiger partial charge in [-0.05, 0) is 87.1 Å². The number of rotatable bonds is 14. The van der Waals surface area contributed by atoms with Crippen molar-refractivity contribution in [2.24, 2.45) is 33.5 Å². The molecule has 0 radical (unpaired) electrons. The van der Waals surface area contributed by atoms with Crippen molar-refractivity contribution in [2.45, 2.75) is 162 Å². The van der Waals surface area contributed by atoms with Crippen molar-refractivity contribution in [3.63, 3.8) is 0 Å². The van der Waals surface area contributed by atoms with E-state index in [1.807, 2.05) is 46.0 Å². The number of likely N-dealkylation sites (N-methyl/N-ethyl adjacent to an activating group) is 1. The molecule has 2 aliphatic heterocycles. The highest BCUT2D eigenvalue weighted by molar-refractivity contribution is 7.95. The standard InChI is InChI=1S/C43H71N7O5S/c1-10-29-25-43(29,38(55)47-56-49(11-2)12-3)46-35(52)31-26-42(40(7,8)41(42)22-18-23-41)27-50(31)37(54)33(39(4,5)6)45-36(53)32(28-19-14-13-15-20-28)44-34(51)30-21-16-17-24-48(30)9/h10,28-33H,1,11-27H2,2-9H3,(H,44,51)(H,45,53)(H,46,52)(H,47,55). The molecule has 2 spiro atoms. The van der Waals surface area contributed by atoms with Crippen LogP contribution in [0.4, 0.5) is 0 Å². The van der Waals surface area contributed by atoms with Gasteiger partial charge < -0.3 is 20.9 Å². The summed E-state index contributed by atoms with van der Waals surface area (Å²) in [7, 11) is 1.97. The van der Waals surface area contributed by atoms with Crippen molar-refractivity contribution in [2.75, 3.05) is 33.2 Å². The molecule has 12 nitrogen and oxygen atoms in total. The van der Waals surface area contributed by atoms with Crippen LogP contribution in [0.1, 0.15) is 132 Å². The number of fused-ring (bicyclic) bond motifs is 1. The average molecular weight is 798 g/mol. The summed E-state index contributed by atoms with van der Waals surface area (Å²) in [5, 5.41) is 9.53. The maximum absolute atomic E-state index is 15.2. The van der Waals surface area contributed by atoms with Crippen LogP contribution >= 0.6 is 12.1 Å². The SMILES string of the molecule is C=CC1CC1(NC(=O)C1CC2(CN1C(=O)C(NC(=O)C(NC(=O)C1CCCCN1C)C1CCCCC1)C(C)(C)C)C(C)(C)C21CCC1)C(=O)NSN(CC)CC. The van der Waals surface area contributed by atoms with Gasteiger partial charge in [-0.3, -0.25) is 33.6 Å². The van der Waals surface area contributed by atoms with Crippen molar-refractivity contribution >= 4 is 41.7 Å². The Hall–Kier alpha value is -2.64. The second-order valence-corrected chi connectivity index (χ2v) is 20.6. The summed E-state index contributed by atoms with van der Waals surface area (Å²) in [5.41, 5.74) is -2.06. The lowest BCUT2D eigenvalue weighted by Gasteiger charge is -2.38. The summed E-state index contributed by atoms with van der Waals surface area (Å²) in [6.45, 7) is 21.2. The maximum atomic E-state index is 15.2. The lowest BCUT2D eigenvalue weighted by molar-refractivity contribution is -0.145. The number of likely N-dealkylation sites (tertiary alicyclic amines) is 2. The highest BCUT2D eigenvalue weighted by atomic mass is 32.2. The number of carbonyl (C=O) groups excluding carboxylic acids is 5. The zero-order valence-electron chi connectivity index (χ0n) is 35.6. The normalized spacial score (nSPS) is 31.9. The van der Waals surface area contributed by atoms with Gasteiger partial charge in [-0.1, -0.05) is 86.6 Å². The number of nitrogens with one attached hydrogen (secondary N) is 4. The van der Waals surface area contributed by atoms with Gasteiger partial charge in [-0.15, -0.1) is 6.58 Å². The monoisotopic (exact) mass is 798 g/mol. The maximum Gasteiger partial charge on any atom is 0.257 e. The van der Waals surface area contributed by atoms with Crippen LogP contribution in [0.15, 0.2) is 12.7 Å². The fourth-order valence-electron chi connectivity index (χ4n) is 11.5. The number of amides is 5. The number of piperidine rings is 1. The predicted molar refractivity (Wildman–Crippen MR) is 221 cm³/mol. The summed E-state index contributed by atoms with van der Waals surface area (Å²) in [6.07, 6.45) is 13.5. The Balaban J connectivity index is 1.26. The Bertz CT molecular complexity index is 1530. The molecule has 2 saturated heterocycles. The van der Waals surface area contributed by atoms with E-state index in [0.717, 1.165) is 90.3 Å². The zero-order chi connectivity index (χ0) is 40.8. The van der Waals surface area contributed by atoms with Gasteiger partial charge in [0.2, 0.25) is 23.6 Å². The van der Waals surface area contributed by atoms with Crippen LogP contribution in [0.3, 0.4) is 0 Å². The quantitative estimate of drug-likeness (QED) is 0.143. The second kappa shape index (κ2) is 16.2. The Morgan fingerprint density at radius 1 is 0.875 bits per heavy atom. The molecule has 7 unspecified atom stereocenters. The third-order valence-electron chi connectivity index (χ3n) is 15.6. The minimum atomic E-state index is -1.13. The molecule has 6 aliphatic rings. The lowest BCUT2D eigenvalue weighted by Crippen LogP contribution is -2.63. The molecular formula is C43H71N7O5S. The molecule has 0 aromatic heterocycles. The van der Waals surface area contributed by atoms with Gasteiger partial charge in [0.05, 0.1) is 6.04 Å². The summed E-state index contributed by atoms with van der Waals surface area (Å²) < 4.78 is 4.99. The van der Waals surface area contributed by atoms with E-state index in [2.05, 4.69) is 46.0 Å². The largest absolute Gasteiger partial charge is 0.343 e. The van der Waals surface area contributed by atoms with Crippen LogP contribution in [0.25, 0.3) is 0 Å². The van der Waals surface area contributed by atoms with Gasteiger partial charge in [0.15, 0.2) is 0 Å². The first kappa shape index (κ1) is 43.0. The molecule has 6 rings (SSSR count). The van der Waals surface area contributed by atoms with E-state index >= 15 is 4.79 Å². The molecule has 4 saturated carbocycles. The Kier molecular flexibility index (Phi) is 12.4. The zero-order valence-corrected chi connectivity index (χ0v) is 36.4. The molecule has 5 amide bonds. The number of carbonyl (C=O) groups is 5. The number of nitrogens with zero attached hydrogens (tertiary/aromatic N) is 3. The molecule has 4 aliphatic carbocycles. The van der Waals surface area contributed by atoms with Crippen molar-refractivity contribution in [1.29, 1.82) is 0 Å². The van der Waals surface area contributed by atoms with E-state index in [1.54, 1.807) is 11.0 Å². The first-order chi connectivity index (χ1) is 26.4. The van der Waals surface area contributed by atoms with Crippen LogP contribution in [0.2, 0.25) is 0 Å². The molecule has 4 N–H and O–H groups in total. The second-order valence-electron chi connectivity index (χ2n) is 19.7. The van der Waals surface area contributed by atoms with Gasteiger partial charge in [-0.25, -0.2) is 4.31 Å². The molecule has 56 heavy (non-hydrogen) atoms. The third kappa shape index (κ3) is 7.44. The average Bonchev–Trinajstić information content (AvgIpc) is 3.87. The van der Waals surface area contributed by atoms with E-state index in [4.69, 9.17) is 0 Å². The first-order valence-electron chi connectivity index (χ1n) is 21.7. The highest BCUT2D eigenvalue weighted by Crippen LogP contribution is 2.88. The van der Waals surface area contributed by atoms with Crippen LogP contribution in [0.5, 0.6) is 0 Å². The van der Waals surface area contributed by atoms with Gasteiger partial charge >= 0.3 is 0 Å². The Morgan fingerprint density at radius 2 is 1.54 bits per heavy atom. The van der Waals surface area contributed by atoms with Gasteiger partial charge in [0.25, 0.3) is 5.91 Å².